The molecule has 1 aliphatic heterocycles. The van der Waals surface area contributed by atoms with Gasteiger partial charge in [0.05, 0.1) is 28.7 Å². The second-order valence-electron chi connectivity index (χ2n) is 11.8. The molecule has 2 saturated carbocycles. The highest BCUT2D eigenvalue weighted by molar-refractivity contribution is 6.31. The van der Waals surface area contributed by atoms with Gasteiger partial charge in [0.1, 0.15) is 17.1 Å². The average molecular weight is 543 g/mol. The van der Waals surface area contributed by atoms with Crippen LogP contribution in [0.4, 0.5) is 10.1 Å². The molecular formula is C29H36ClFN4O3. The van der Waals surface area contributed by atoms with E-state index in [1.165, 1.54) is 18.2 Å². The van der Waals surface area contributed by atoms with Crippen LogP contribution in [0.2, 0.25) is 5.02 Å². The molecule has 0 radical (unpaired) electrons. The number of fused-ring (bicyclic) bond motifs is 1. The number of halogens is 2. The maximum absolute atomic E-state index is 13.5. The lowest BCUT2D eigenvalue weighted by Gasteiger charge is -2.39. The number of aliphatic hydroxyl groups excluding tert-OH is 1. The Balaban J connectivity index is 1.24. The SMILES string of the molecule is Cn1cnc(C2CC3CC(O)(C#CC(C)(C)N4CCC(O)CC4)CC3C2)c1C(=O)Nc1ccc(F)c(Cl)c1. The smallest absolute Gasteiger partial charge is 0.274 e. The molecule has 2 aliphatic carbocycles. The molecule has 3 N–H and O–H groups in total. The fourth-order valence-corrected chi connectivity index (χ4v) is 6.73. The maximum Gasteiger partial charge on any atom is 0.274 e. The van der Waals surface area contributed by atoms with Crippen LogP contribution in [0.1, 0.15) is 74.5 Å². The van der Waals surface area contributed by atoms with Crippen molar-refractivity contribution in [2.24, 2.45) is 18.9 Å². The number of hydrogen-bond acceptors (Lipinski definition) is 5. The lowest BCUT2D eigenvalue weighted by molar-refractivity contribution is 0.0500. The highest BCUT2D eigenvalue weighted by Crippen LogP contribution is 2.54. The molecule has 0 bridgehead atoms. The first-order valence-electron chi connectivity index (χ1n) is 13.4. The van der Waals surface area contributed by atoms with Gasteiger partial charge in [-0.2, -0.15) is 0 Å². The van der Waals surface area contributed by atoms with Crippen molar-refractivity contribution in [1.82, 2.24) is 14.5 Å². The number of aliphatic hydroxyl groups is 2. The fourth-order valence-electron chi connectivity index (χ4n) is 6.55. The number of rotatable bonds is 4. The lowest BCUT2D eigenvalue weighted by atomic mass is 9.91. The van der Waals surface area contributed by atoms with Crippen molar-refractivity contribution in [3.8, 4) is 11.8 Å². The summed E-state index contributed by atoms with van der Waals surface area (Å²) in [5.41, 5.74) is 0.304. The third-order valence-electron chi connectivity index (χ3n) is 8.64. The molecule has 5 rings (SSSR count). The number of aryl methyl sites for hydroxylation is 1. The number of anilines is 1. The van der Waals surface area contributed by atoms with Crippen LogP contribution >= 0.6 is 11.6 Å². The Kier molecular flexibility index (Phi) is 7.34. The van der Waals surface area contributed by atoms with Gasteiger partial charge in [0, 0.05) is 31.7 Å². The Bertz CT molecular complexity index is 1260. The van der Waals surface area contributed by atoms with Gasteiger partial charge in [-0.25, -0.2) is 9.37 Å². The molecule has 3 fully saturated rings. The molecule has 3 aliphatic rings. The van der Waals surface area contributed by atoms with Gasteiger partial charge in [0.15, 0.2) is 0 Å². The van der Waals surface area contributed by atoms with Crippen LogP contribution in [-0.4, -0.2) is 60.9 Å². The van der Waals surface area contributed by atoms with Gasteiger partial charge in [0.2, 0.25) is 0 Å². The van der Waals surface area contributed by atoms with Crippen molar-refractivity contribution in [2.75, 3.05) is 18.4 Å². The summed E-state index contributed by atoms with van der Waals surface area (Å²) >= 11 is 5.87. The molecule has 1 amide bonds. The van der Waals surface area contributed by atoms with E-state index in [1.54, 1.807) is 17.9 Å². The molecule has 2 heterocycles. The molecule has 204 valence electrons. The zero-order valence-electron chi connectivity index (χ0n) is 22.2. The standard InChI is InChI=1S/C29H36ClFN4O3/c1-28(2,35-10-6-22(36)7-11-35)8-9-29(38)15-19-12-18(13-20(19)16-29)25-26(34(3)17-32-25)27(37)33-21-4-5-24(31)23(30)14-21/h4-5,14,17-20,22,36,38H,6-7,10-13,15-16H2,1-3H3,(H,33,37). The second kappa shape index (κ2) is 10.3. The van der Waals surface area contributed by atoms with Crippen LogP contribution in [0.15, 0.2) is 24.5 Å². The first-order chi connectivity index (χ1) is 17.9. The Morgan fingerprint density at radius 3 is 2.53 bits per heavy atom. The number of amides is 1. The Morgan fingerprint density at radius 1 is 1.24 bits per heavy atom. The number of hydrogen-bond donors (Lipinski definition) is 3. The first-order valence-corrected chi connectivity index (χ1v) is 13.8. The van der Waals surface area contributed by atoms with E-state index >= 15 is 0 Å². The molecule has 1 saturated heterocycles. The topological polar surface area (TPSA) is 90.6 Å². The van der Waals surface area contributed by atoms with Gasteiger partial charge >= 0.3 is 0 Å². The van der Waals surface area contributed by atoms with Gasteiger partial charge in [-0.15, -0.1) is 0 Å². The Labute approximate surface area is 228 Å². The first kappa shape index (κ1) is 27.1. The number of carbonyl (C=O) groups is 1. The van der Waals surface area contributed by atoms with Gasteiger partial charge in [0.25, 0.3) is 5.91 Å². The highest BCUT2D eigenvalue weighted by atomic mass is 35.5. The van der Waals surface area contributed by atoms with E-state index < -0.39 is 11.4 Å². The Morgan fingerprint density at radius 2 is 1.89 bits per heavy atom. The number of nitrogens with zero attached hydrogens (tertiary/aromatic N) is 3. The van der Waals surface area contributed by atoms with E-state index in [2.05, 4.69) is 40.9 Å². The van der Waals surface area contributed by atoms with Crippen LogP contribution in [-0.2, 0) is 7.05 Å². The minimum absolute atomic E-state index is 0.0506. The largest absolute Gasteiger partial charge is 0.393 e. The van der Waals surface area contributed by atoms with Crippen molar-refractivity contribution in [3.63, 3.8) is 0 Å². The van der Waals surface area contributed by atoms with Crippen LogP contribution in [0, 0.1) is 29.5 Å². The molecule has 2 atom stereocenters. The Hall–Kier alpha value is -2.44. The van der Waals surface area contributed by atoms with E-state index in [9.17, 15) is 19.4 Å². The number of carbonyl (C=O) groups excluding carboxylic acids is 1. The lowest BCUT2D eigenvalue weighted by Crippen LogP contribution is -2.48. The van der Waals surface area contributed by atoms with Gasteiger partial charge in [-0.3, -0.25) is 9.69 Å². The van der Waals surface area contributed by atoms with E-state index in [-0.39, 0.29) is 28.5 Å². The summed E-state index contributed by atoms with van der Waals surface area (Å²) in [6.07, 6.45) is 5.88. The minimum Gasteiger partial charge on any atom is -0.393 e. The average Bonchev–Trinajstić information content (AvgIpc) is 3.51. The van der Waals surface area contributed by atoms with Gasteiger partial charge in [-0.1, -0.05) is 23.4 Å². The molecule has 2 unspecified atom stereocenters. The maximum atomic E-state index is 13.5. The van der Waals surface area contributed by atoms with Crippen LogP contribution in [0.3, 0.4) is 0 Å². The summed E-state index contributed by atoms with van der Waals surface area (Å²) < 4.78 is 15.2. The van der Waals surface area contributed by atoms with E-state index in [1.807, 2.05) is 0 Å². The summed E-state index contributed by atoms with van der Waals surface area (Å²) in [5.74, 6) is 6.51. The normalized spacial score (nSPS) is 28.1. The number of piperidine rings is 1. The zero-order valence-corrected chi connectivity index (χ0v) is 22.9. The number of nitrogens with one attached hydrogen (secondary N) is 1. The van der Waals surface area contributed by atoms with Gasteiger partial charge < -0.3 is 20.1 Å². The molecule has 1 aromatic carbocycles. The number of imidazole rings is 1. The third kappa shape index (κ3) is 5.48. The summed E-state index contributed by atoms with van der Waals surface area (Å²) in [7, 11) is 1.79. The van der Waals surface area contributed by atoms with Crippen molar-refractivity contribution >= 4 is 23.2 Å². The molecule has 0 spiro atoms. The zero-order chi connectivity index (χ0) is 27.2. The summed E-state index contributed by atoms with van der Waals surface area (Å²) in [6, 6.07) is 4.10. The summed E-state index contributed by atoms with van der Waals surface area (Å²) in [4.78, 5) is 20.0. The molecule has 1 aromatic heterocycles. The van der Waals surface area contributed by atoms with Crippen molar-refractivity contribution in [2.45, 2.75) is 75.5 Å². The van der Waals surface area contributed by atoms with E-state index in [4.69, 9.17) is 11.6 Å². The summed E-state index contributed by atoms with van der Waals surface area (Å²) in [6.45, 7) is 5.78. The molecule has 7 nitrogen and oxygen atoms in total. The second-order valence-corrected chi connectivity index (χ2v) is 12.2. The number of likely N-dealkylation sites (tertiary alicyclic amines) is 1. The monoisotopic (exact) mass is 542 g/mol. The molecule has 2 aromatic rings. The van der Waals surface area contributed by atoms with Crippen molar-refractivity contribution in [1.29, 1.82) is 0 Å². The molecular weight excluding hydrogens is 507 g/mol. The van der Waals surface area contributed by atoms with Crippen LogP contribution in [0.25, 0.3) is 0 Å². The van der Waals surface area contributed by atoms with Gasteiger partial charge in [-0.05, 0) is 82.4 Å². The van der Waals surface area contributed by atoms with Crippen LogP contribution in [0.5, 0.6) is 0 Å². The minimum atomic E-state index is -1.00. The predicted molar refractivity (Wildman–Crippen MR) is 144 cm³/mol. The molecule has 38 heavy (non-hydrogen) atoms. The predicted octanol–water partition coefficient (Wildman–Crippen LogP) is 4.34. The molecule has 9 heteroatoms. The quantitative estimate of drug-likeness (QED) is 0.500. The number of aromatic nitrogens is 2. The highest BCUT2D eigenvalue weighted by Gasteiger charge is 2.49. The van der Waals surface area contributed by atoms with E-state index in [0.717, 1.165) is 44.5 Å². The van der Waals surface area contributed by atoms with Crippen LogP contribution < -0.4 is 5.32 Å². The van der Waals surface area contributed by atoms with Crippen molar-refractivity contribution < 1.29 is 19.4 Å². The summed E-state index contributed by atoms with van der Waals surface area (Å²) in [5, 5.41) is 23.9. The van der Waals surface area contributed by atoms with E-state index in [0.29, 0.717) is 36.1 Å². The third-order valence-corrected chi connectivity index (χ3v) is 8.93. The number of benzene rings is 1. The fraction of sp³-hybridized carbons (Fsp3) is 0.586. The van der Waals surface area contributed by atoms with Crippen molar-refractivity contribution in [3.05, 3.63) is 46.8 Å².